The van der Waals surface area contributed by atoms with E-state index in [0.29, 0.717) is 4.90 Å². The van der Waals surface area contributed by atoms with Crippen molar-refractivity contribution in [3.8, 4) is 0 Å². The van der Waals surface area contributed by atoms with Crippen LogP contribution in [0.15, 0.2) is 29.2 Å². The van der Waals surface area contributed by atoms with Crippen LogP contribution in [0.2, 0.25) is 0 Å². The van der Waals surface area contributed by atoms with Crippen molar-refractivity contribution in [3.05, 3.63) is 29.8 Å². The third-order valence-corrected chi connectivity index (χ3v) is 4.22. The van der Waals surface area contributed by atoms with E-state index in [2.05, 4.69) is 15.9 Å². The Hall–Kier alpha value is -0.350. The number of alkyl halides is 1. The number of hydrogen-bond donors (Lipinski definition) is 0. The van der Waals surface area contributed by atoms with E-state index in [9.17, 15) is 8.42 Å². The first kappa shape index (κ1) is 11.7. The minimum Gasteiger partial charge on any atom is -0.224 e. The van der Waals surface area contributed by atoms with Gasteiger partial charge in [0, 0.05) is 11.6 Å². The number of halogens is 1. The van der Waals surface area contributed by atoms with Gasteiger partial charge in [-0.15, -0.1) is 0 Å². The van der Waals surface area contributed by atoms with E-state index in [1.165, 1.54) is 6.26 Å². The van der Waals surface area contributed by atoms with Gasteiger partial charge in [0.2, 0.25) is 0 Å². The maximum atomic E-state index is 11.5. The molecular formula is C10H13BrO2S. The monoisotopic (exact) mass is 276 g/mol. The van der Waals surface area contributed by atoms with Crippen LogP contribution in [-0.4, -0.2) is 20.0 Å². The molecule has 0 amide bonds. The van der Waals surface area contributed by atoms with E-state index in [-0.39, 0.29) is 5.92 Å². The Morgan fingerprint density at radius 2 is 1.93 bits per heavy atom. The number of sulfone groups is 1. The molecule has 0 aliphatic rings. The van der Waals surface area contributed by atoms with Crippen LogP contribution in [0.3, 0.4) is 0 Å². The highest BCUT2D eigenvalue weighted by Crippen LogP contribution is 2.24. The van der Waals surface area contributed by atoms with Gasteiger partial charge < -0.3 is 0 Å². The van der Waals surface area contributed by atoms with Crippen molar-refractivity contribution < 1.29 is 8.42 Å². The van der Waals surface area contributed by atoms with E-state index in [0.717, 1.165) is 10.9 Å². The van der Waals surface area contributed by atoms with Crippen molar-refractivity contribution in [2.45, 2.75) is 17.7 Å². The van der Waals surface area contributed by atoms with Crippen LogP contribution in [0.25, 0.3) is 0 Å². The van der Waals surface area contributed by atoms with Gasteiger partial charge >= 0.3 is 0 Å². The third-order valence-electron chi connectivity index (χ3n) is 2.08. The largest absolute Gasteiger partial charge is 0.224 e. The minimum atomic E-state index is -3.11. The van der Waals surface area contributed by atoms with Crippen LogP contribution < -0.4 is 0 Å². The predicted molar refractivity (Wildman–Crippen MR) is 61.8 cm³/mol. The molecule has 0 saturated heterocycles. The van der Waals surface area contributed by atoms with Crippen LogP contribution in [0.4, 0.5) is 0 Å². The molecule has 0 radical (unpaired) electrons. The molecule has 0 spiro atoms. The summed E-state index contributed by atoms with van der Waals surface area (Å²) in [6.45, 7) is 2.00. The molecule has 0 N–H and O–H groups in total. The van der Waals surface area contributed by atoms with E-state index in [1.54, 1.807) is 12.1 Å². The first-order chi connectivity index (χ1) is 6.46. The number of hydrogen-bond acceptors (Lipinski definition) is 2. The second kappa shape index (κ2) is 4.45. The molecule has 0 fully saturated rings. The molecule has 1 rings (SSSR count). The van der Waals surface area contributed by atoms with Gasteiger partial charge in [-0.1, -0.05) is 41.1 Å². The average Bonchev–Trinajstić information content (AvgIpc) is 2.15. The lowest BCUT2D eigenvalue weighted by molar-refractivity contribution is 0.600. The summed E-state index contributed by atoms with van der Waals surface area (Å²) in [6, 6.07) is 7.14. The van der Waals surface area contributed by atoms with Gasteiger partial charge in [-0.05, 0) is 17.5 Å². The highest BCUT2D eigenvalue weighted by atomic mass is 79.9. The van der Waals surface area contributed by atoms with Crippen LogP contribution in [0, 0.1) is 0 Å². The number of rotatable bonds is 3. The van der Waals surface area contributed by atoms with Crippen LogP contribution in [0.1, 0.15) is 18.4 Å². The summed E-state index contributed by atoms with van der Waals surface area (Å²) in [6.07, 6.45) is 1.24. The first-order valence-electron chi connectivity index (χ1n) is 4.31. The molecule has 14 heavy (non-hydrogen) atoms. The van der Waals surface area contributed by atoms with Crippen molar-refractivity contribution >= 4 is 25.8 Å². The van der Waals surface area contributed by atoms with Crippen molar-refractivity contribution in [2.75, 3.05) is 11.6 Å². The Balaban J connectivity index is 3.30. The fraction of sp³-hybridized carbons (Fsp3) is 0.400. The van der Waals surface area contributed by atoms with Gasteiger partial charge in [0.25, 0.3) is 0 Å². The van der Waals surface area contributed by atoms with Crippen LogP contribution >= 0.6 is 15.9 Å². The van der Waals surface area contributed by atoms with Gasteiger partial charge in [0.15, 0.2) is 9.84 Å². The maximum Gasteiger partial charge on any atom is 0.175 e. The summed E-state index contributed by atoms with van der Waals surface area (Å²) in [4.78, 5) is 0.437. The third kappa shape index (κ3) is 2.58. The Morgan fingerprint density at radius 1 is 1.36 bits per heavy atom. The molecule has 0 aliphatic heterocycles. The van der Waals surface area contributed by atoms with Gasteiger partial charge in [0.1, 0.15) is 0 Å². The molecule has 4 heteroatoms. The molecular weight excluding hydrogens is 264 g/mol. The Labute approximate surface area is 93.4 Å². The average molecular weight is 277 g/mol. The van der Waals surface area contributed by atoms with Crippen molar-refractivity contribution in [2.24, 2.45) is 0 Å². The van der Waals surface area contributed by atoms with Crippen molar-refractivity contribution in [3.63, 3.8) is 0 Å². The summed E-state index contributed by atoms with van der Waals surface area (Å²) < 4.78 is 22.9. The summed E-state index contributed by atoms with van der Waals surface area (Å²) in [5, 5.41) is 0.763. The maximum absolute atomic E-state index is 11.5. The van der Waals surface area contributed by atoms with Crippen LogP contribution in [0.5, 0.6) is 0 Å². The predicted octanol–water partition coefficient (Wildman–Crippen LogP) is 2.59. The molecule has 1 unspecified atom stereocenters. The Morgan fingerprint density at radius 3 is 2.43 bits per heavy atom. The van der Waals surface area contributed by atoms with E-state index in [4.69, 9.17) is 0 Å². The summed E-state index contributed by atoms with van der Waals surface area (Å²) >= 11 is 3.36. The Kier molecular flexibility index (Phi) is 3.72. The standard InChI is InChI=1S/C10H13BrO2S/c1-8(7-11)9-5-3-4-6-10(9)14(2,12)13/h3-6,8H,7H2,1-2H3. The lowest BCUT2D eigenvalue weighted by Crippen LogP contribution is -2.05. The molecule has 1 aromatic carbocycles. The number of benzene rings is 1. The summed E-state index contributed by atoms with van der Waals surface area (Å²) in [5.74, 6) is 0.209. The van der Waals surface area contributed by atoms with E-state index >= 15 is 0 Å². The van der Waals surface area contributed by atoms with Gasteiger partial charge in [-0.25, -0.2) is 8.42 Å². The van der Waals surface area contributed by atoms with Gasteiger partial charge in [-0.2, -0.15) is 0 Å². The Bertz CT molecular complexity index is 412. The lowest BCUT2D eigenvalue weighted by Gasteiger charge is -2.12. The molecule has 0 heterocycles. The zero-order chi connectivity index (χ0) is 10.8. The second-order valence-corrected chi connectivity index (χ2v) is 6.00. The molecule has 0 bridgehead atoms. The van der Waals surface area contributed by atoms with Crippen molar-refractivity contribution in [1.29, 1.82) is 0 Å². The molecule has 1 atom stereocenters. The van der Waals surface area contributed by atoms with Crippen molar-refractivity contribution in [1.82, 2.24) is 0 Å². The molecule has 0 aromatic heterocycles. The lowest BCUT2D eigenvalue weighted by atomic mass is 10.0. The first-order valence-corrected chi connectivity index (χ1v) is 7.33. The summed E-state index contributed by atoms with van der Waals surface area (Å²) in [5.41, 5.74) is 0.881. The quantitative estimate of drug-likeness (QED) is 0.796. The fourth-order valence-electron chi connectivity index (χ4n) is 1.31. The highest BCUT2D eigenvalue weighted by Gasteiger charge is 2.15. The van der Waals surface area contributed by atoms with E-state index in [1.807, 2.05) is 19.1 Å². The fourth-order valence-corrected chi connectivity index (χ4v) is 2.68. The topological polar surface area (TPSA) is 34.1 Å². The second-order valence-electron chi connectivity index (χ2n) is 3.37. The smallest absolute Gasteiger partial charge is 0.175 e. The molecule has 0 saturated carbocycles. The zero-order valence-corrected chi connectivity index (χ0v) is 10.6. The molecule has 1 aromatic rings. The zero-order valence-electron chi connectivity index (χ0n) is 8.20. The highest BCUT2D eigenvalue weighted by molar-refractivity contribution is 9.09. The molecule has 78 valence electrons. The molecule has 0 aliphatic carbocycles. The van der Waals surface area contributed by atoms with Gasteiger partial charge in [0.05, 0.1) is 4.90 Å². The van der Waals surface area contributed by atoms with E-state index < -0.39 is 9.84 Å². The minimum absolute atomic E-state index is 0.209. The molecule has 2 nitrogen and oxygen atoms in total. The SMILES string of the molecule is CC(CBr)c1ccccc1S(C)(=O)=O. The van der Waals surface area contributed by atoms with Gasteiger partial charge in [-0.3, -0.25) is 0 Å². The normalized spacial score (nSPS) is 13.9. The summed E-state index contributed by atoms with van der Waals surface area (Å²) in [7, 11) is -3.11. The van der Waals surface area contributed by atoms with Crippen LogP contribution in [-0.2, 0) is 9.84 Å².